The van der Waals surface area contributed by atoms with Crippen molar-refractivity contribution < 1.29 is 9.53 Å². The van der Waals surface area contributed by atoms with Crippen molar-refractivity contribution in [3.63, 3.8) is 0 Å². The number of carbonyl (C=O) groups is 1. The second kappa shape index (κ2) is 6.73. The van der Waals surface area contributed by atoms with Crippen LogP contribution in [0.1, 0.15) is 44.3 Å². The van der Waals surface area contributed by atoms with Crippen LogP contribution in [0.2, 0.25) is 0 Å². The van der Waals surface area contributed by atoms with Gasteiger partial charge in [0.1, 0.15) is 5.54 Å². The van der Waals surface area contributed by atoms with Crippen LogP contribution in [0.4, 0.5) is 0 Å². The van der Waals surface area contributed by atoms with E-state index in [1.54, 1.807) is 0 Å². The number of carbonyl (C=O) groups excluding carboxylic acids is 1. The third-order valence-corrected chi connectivity index (χ3v) is 4.28. The molecule has 4 nitrogen and oxygen atoms in total. The molecule has 1 aromatic rings. The maximum absolute atomic E-state index is 12.5. The molecule has 0 aliphatic heterocycles. The molecule has 0 heterocycles. The lowest BCUT2D eigenvalue weighted by molar-refractivity contribution is -0.133. The highest BCUT2D eigenvalue weighted by Crippen LogP contribution is 2.32. The molecule has 1 atom stereocenters. The Morgan fingerprint density at radius 3 is 2.52 bits per heavy atom. The Bertz CT molecular complexity index is 513. The van der Waals surface area contributed by atoms with Gasteiger partial charge in [-0.2, -0.15) is 5.26 Å². The molecule has 0 radical (unpaired) electrons. The SMILES string of the molecule is COC(C(=O)NC1(C#N)CCC(C)CC1)c1ccccc1. The molecular formula is C17H22N2O2. The Labute approximate surface area is 126 Å². The minimum Gasteiger partial charge on any atom is -0.367 e. The van der Waals surface area contributed by atoms with Crippen molar-refractivity contribution in [2.75, 3.05) is 7.11 Å². The summed E-state index contributed by atoms with van der Waals surface area (Å²) in [5.74, 6) is 0.385. The van der Waals surface area contributed by atoms with Crippen LogP contribution in [0.15, 0.2) is 30.3 Å². The summed E-state index contributed by atoms with van der Waals surface area (Å²) < 4.78 is 5.33. The maximum Gasteiger partial charge on any atom is 0.254 e. The highest BCUT2D eigenvalue weighted by atomic mass is 16.5. The van der Waals surface area contributed by atoms with Gasteiger partial charge in [-0.3, -0.25) is 4.79 Å². The van der Waals surface area contributed by atoms with E-state index in [2.05, 4.69) is 18.3 Å². The second-order valence-electron chi connectivity index (χ2n) is 5.89. The molecular weight excluding hydrogens is 264 g/mol. The van der Waals surface area contributed by atoms with Crippen molar-refractivity contribution in [3.05, 3.63) is 35.9 Å². The van der Waals surface area contributed by atoms with Gasteiger partial charge in [0.15, 0.2) is 6.10 Å². The van der Waals surface area contributed by atoms with Crippen LogP contribution in [0, 0.1) is 17.2 Å². The summed E-state index contributed by atoms with van der Waals surface area (Å²) in [7, 11) is 1.51. The molecule has 0 bridgehead atoms. The molecule has 112 valence electrons. The predicted molar refractivity (Wildman–Crippen MR) is 80.3 cm³/mol. The van der Waals surface area contributed by atoms with Crippen LogP contribution in [0.25, 0.3) is 0 Å². The zero-order chi connectivity index (χ0) is 15.3. The largest absolute Gasteiger partial charge is 0.367 e. The number of rotatable bonds is 4. The van der Waals surface area contributed by atoms with Crippen LogP contribution in [-0.2, 0) is 9.53 Å². The quantitative estimate of drug-likeness (QED) is 0.925. The number of hydrogen-bond acceptors (Lipinski definition) is 3. The Hall–Kier alpha value is -1.86. The lowest BCUT2D eigenvalue weighted by atomic mass is 9.78. The third kappa shape index (κ3) is 3.62. The normalized spacial score (nSPS) is 26.6. The first-order chi connectivity index (χ1) is 10.1. The Morgan fingerprint density at radius 1 is 1.38 bits per heavy atom. The first kappa shape index (κ1) is 15.5. The van der Waals surface area contributed by atoms with Gasteiger partial charge in [-0.15, -0.1) is 0 Å². The van der Waals surface area contributed by atoms with Gasteiger partial charge in [0.2, 0.25) is 0 Å². The zero-order valence-corrected chi connectivity index (χ0v) is 12.6. The Balaban J connectivity index is 2.10. The molecule has 0 aromatic heterocycles. The van der Waals surface area contributed by atoms with Crippen LogP contribution < -0.4 is 5.32 Å². The minimum absolute atomic E-state index is 0.236. The van der Waals surface area contributed by atoms with Crippen molar-refractivity contribution in [2.24, 2.45) is 5.92 Å². The standard InChI is InChI=1S/C17H22N2O2/c1-13-8-10-17(12-18,11-9-13)19-16(20)15(21-2)14-6-4-3-5-7-14/h3-7,13,15H,8-11H2,1-2H3,(H,19,20). The number of amides is 1. The minimum atomic E-state index is -0.741. The van der Waals surface area contributed by atoms with Gasteiger partial charge in [0.25, 0.3) is 5.91 Å². The van der Waals surface area contributed by atoms with E-state index in [9.17, 15) is 10.1 Å². The smallest absolute Gasteiger partial charge is 0.254 e. The van der Waals surface area contributed by atoms with E-state index in [4.69, 9.17) is 4.74 Å². The molecule has 1 N–H and O–H groups in total. The highest BCUT2D eigenvalue weighted by molar-refractivity contribution is 5.83. The average molecular weight is 286 g/mol. The first-order valence-electron chi connectivity index (χ1n) is 7.41. The van der Waals surface area contributed by atoms with Gasteiger partial charge in [0, 0.05) is 7.11 Å². The Morgan fingerprint density at radius 2 is 2.00 bits per heavy atom. The van der Waals surface area contributed by atoms with Crippen molar-refractivity contribution in [3.8, 4) is 6.07 Å². The molecule has 1 aliphatic carbocycles. The summed E-state index contributed by atoms with van der Waals surface area (Å²) >= 11 is 0. The third-order valence-electron chi connectivity index (χ3n) is 4.28. The van der Waals surface area contributed by atoms with Gasteiger partial charge in [-0.05, 0) is 37.2 Å². The van der Waals surface area contributed by atoms with Crippen LogP contribution in [0.3, 0.4) is 0 Å². The topological polar surface area (TPSA) is 62.1 Å². The molecule has 0 spiro atoms. The number of nitriles is 1. The Kier molecular flexibility index (Phi) is 4.98. The van der Waals surface area contributed by atoms with Crippen molar-refractivity contribution in [1.82, 2.24) is 5.32 Å². The maximum atomic E-state index is 12.5. The molecule has 1 unspecified atom stereocenters. The number of nitrogens with one attached hydrogen (secondary N) is 1. The molecule has 2 rings (SSSR count). The average Bonchev–Trinajstić information content (AvgIpc) is 2.52. The van der Waals surface area contributed by atoms with Crippen LogP contribution >= 0.6 is 0 Å². The summed E-state index contributed by atoms with van der Waals surface area (Å²) in [5, 5.41) is 12.4. The molecule has 1 fully saturated rings. The first-order valence-corrected chi connectivity index (χ1v) is 7.41. The monoisotopic (exact) mass is 286 g/mol. The molecule has 4 heteroatoms. The number of nitrogens with zero attached hydrogens (tertiary/aromatic N) is 1. The van der Waals surface area contributed by atoms with Crippen molar-refractivity contribution in [2.45, 2.75) is 44.2 Å². The van der Waals surface area contributed by atoms with Gasteiger partial charge >= 0.3 is 0 Å². The van der Waals surface area contributed by atoms with Crippen molar-refractivity contribution in [1.29, 1.82) is 5.26 Å². The second-order valence-corrected chi connectivity index (χ2v) is 5.89. The molecule has 21 heavy (non-hydrogen) atoms. The number of hydrogen-bond donors (Lipinski definition) is 1. The van der Waals surface area contributed by atoms with Crippen molar-refractivity contribution >= 4 is 5.91 Å². The van der Waals surface area contributed by atoms with Crippen LogP contribution in [0.5, 0.6) is 0 Å². The highest BCUT2D eigenvalue weighted by Gasteiger charge is 2.37. The van der Waals surface area contributed by atoms with E-state index in [0.717, 1.165) is 18.4 Å². The van der Waals surface area contributed by atoms with E-state index < -0.39 is 11.6 Å². The van der Waals surface area contributed by atoms with Crippen LogP contribution in [-0.4, -0.2) is 18.6 Å². The molecule has 1 aliphatic rings. The van der Waals surface area contributed by atoms with E-state index in [1.807, 2.05) is 30.3 Å². The summed E-state index contributed by atoms with van der Waals surface area (Å²) in [5.41, 5.74) is 0.0598. The summed E-state index contributed by atoms with van der Waals surface area (Å²) in [6, 6.07) is 11.7. The molecule has 0 saturated heterocycles. The van der Waals surface area contributed by atoms with E-state index in [0.29, 0.717) is 18.8 Å². The fraction of sp³-hybridized carbons (Fsp3) is 0.529. The molecule has 1 amide bonds. The van der Waals surface area contributed by atoms with Gasteiger partial charge < -0.3 is 10.1 Å². The number of methoxy groups -OCH3 is 1. The fourth-order valence-corrected chi connectivity index (χ4v) is 2.84. The number of benzene rings is 1. The number of ether oxygens (including phenoxy) is 1. The van der Waals surface area contributed by atoms with E-state index in [-0.39, 0.29) is 5.91 Å². The molecule has 1 aromatic carbocycles. The van der Waals surface area contributed by atoms with Gasteiger partial charge in [-0.25, -0.2) is 0 Å². The van der Waals surface area contributed by atoms with Gasteiger partial charge in [-0.1, -0.05) is 37.3 Å². The zero-order valence-electron chi connectivity index (χ0n) is 12.6. The molecule has 1 saturated carbocycles. The lowest BCUT2D eigenvalue weighted by Crippen LogP contribution is -2.51. The van der Waals surface area contributed by atoms with Gasteiger partial charge in [0.05, 0.1) is 6.07 Å². The summed E-state index contributed by atoms with van der Waals surface area (Å²) in [4.78, 5) is 12.5. The van der Waals surface area contributed by atoms with E-state index >= 15 is 0 Å². The lowest BCUT2D eigenvalue weighted by Gasteiger charge is -2.35. The summed E-state index contributed by atoms with van der Waals surface area (Å²) in [6.45, 7) is 2.19. The van der Waals surface area contributed by atoms with E-state index in [1.165, 1.54) is 7.11 Å². The fourth-order valence-electron chi connectivity index (χ4n) is 2.84. The summed E-state index contributed by atoms with van der Waals surface area (Å²) in [6.07, 6.45) is 2.69. The predicted octanol–water partition coefficient (Wildman–Crippen LogP) is 2.96.